The van der Waals surface area contributed by atoms with Crippen molar-refractivity contribution >= 4 is 0 Å². The molecule has 1 aromatic carbocycles. The van der Waals surface area contributed by atoms with Crippen LogP contribution in [-0.2, 0) is 0 Å². The normalized spacial score (nSPS) is 14.1. The van der Waals surface area contributed by atoms with E-state index in [0.717, 1.165) is 6.07 Å². The monoisotopic (exact) mass is 217 g/mol. The maximum Gasteiger partial charge on any atom is 0.163 e. The van der Waals surface area contributed by atoms with Crippen LogP contribution in [0, 0.1) is 22.9 Å². The summed E-state index contributed by atoms with van der Waals surface area (Å²) in [4.78, 5) is 0. The molecule has 0 amide bonds. The van der Waals surface area contributed by atoms with E-state index in [2.05, 4.69) is 0 Å². The van der Waals surface area contributed by atoms with Gasteiger partial charge in [0.1, 0.15) is 5.82 Å². The van der Waals surface area contributed by atoms with Gasteiger partial charge in [-0.15, -0.1) is 0 Å². The van der Waals surface area contributed by atoms with Crippen LogP contribution in [0.1, 0.15) is 32.4 Å². The van der Waals surface area contributed by atoms with Gasteiger partial charge < -0.3 is 5.73 Å². The lowest BCUT2D eigenvalue weighted by molar-refractivity contribution is 0.314. The summed E-state index contributed by atoms with van der Waals surface area (Å²) in [5.41, 5.74) is 5.16. The van der Waals surface area contributed by atoms with E-state index in [-0.39, 0.29) is 5.56 Å². The smallest absolute Gasteiger partial charge is 0.163 e. The highest BCUT2D eigenvalue weighted by Crippen LogP contribution is 2.32. The highest BCUT2D eigenvalue weighted by atomic mass is 19.2. The molecule has 0 bridgehead atoms. The topological polar surface area (TPSA) is 26.0 Å². The molecule has 2 N–H and O–H groups in total. The predicted octanol–water partition coefficient (Wildman–Crippen LogP) is 3.15. The molecule has 0 fully saturated rings. The molecule has 1 aromatic rings. The highest BCUT2D eigenvalue weighted by molar-refractivity contribution is 5.24. The number of hydrogen-bond donors (Lipinski definition) is 1. The first-order chi connectivity index (χ1) is 6.73. The van der Waals surface area contributed by atoms with Gasteiger partial charge in [0.25, 0.3) is 0 Å². The largest absolute Gasteiger partial charge is 0.323 e. The Morgan fingerprint density at radius 2 is 1.67 bits per heavy atom. The number of rotatable bonds is 1. The van der Waals surface area contributed by atoms with Crippen molar-refractivity contribution in [3.8, 4) is 0 Å². The Hall–Kier alpha value is -1.03. The average Bonchev–Trinajstić information content (AvgIpc) is 2.08. The Balaban J connectivity index is 3.25. The van der Waals surface area contributed by atoms with Crippen LogP contribution in [0.3, 0.4) is 0 Å². The van der Waals surface area contributed by atoms with Gasteiger partial charge in [0.2, 0.25) is 0 Å². The van der Waals surface area contributed by atoms with E-state index in [1.807, 2.05) is 0 Å². The highest BCUT2D eigenvalue weighted by Gasteiger charge is 2.26. The molecule has 84 valence electrons. The van der Waals surface area contributed by atoms with Gasteiger partial charge in [-0.3, -0.25) is 0 Å². The van der Waals surface area contributed by atoms with Crippen molar-refractivity contribution in [2.75, 3.05) is 0 Å². The first-order valence-corrected chi connectivity index (χ1v) is 4.63. The van der Waals surface area contributed by atoms with E-state index in [0.29, 0.717) is 6.07 Å². The van der Waals surface area contributed by atoms with E-state index in [9.17, 15) is 13.2 Å². The predicted molar refractivity (Wildman–Crippen MR) is 52.7 cm³/mol. The van der Waals surface area contributed by atoms with Crippen molar-refractivity contribution in [2.24, 2.45) is 11.1 Å². The number of halogens is 3. The van der Waals surface area contributed by atoms with Crippen LogP contribution in [0.25, 0.3) is 0 Å². The Morgan fingerprint density at radius 1 is 1.13 bits per heavy atom. The third-order valence-corrected chi connectivity index (χ3v) is 2.29. The molecule has 1 nitrogen and oxygen atoms in total. The molecule has 0 aliphatic rings. The number of hydrogen-bond acceptors (Lipinski definition) is 1. The molecule has 0 unspecified atom stereocenters. The van der Waals surface area contributed by atoms with Crippen LogP contribution in [0.5, 0.6) is 0 Å². The summed E-state index contributed by atoms with van der Waals surface area (Å²) in [5.74, 6) is -3.09. The van der Waals surface area contributed by atoms with Crippen LogP contribution in [0.15, 0.2) is 12.1 Å². The van der Waals surface area contributed by atoms with Gasteiger partial charge >= 0.3 is 0 Å². The average molecular weight is 217 g/mol. The summed E-state index contributed by atoms with van der Waals surface area (Å²) in [6.45, 7) is 5.33. The summed E-state index contributed by atoms with van der Waals surface area (Å²) in [5, 5.41) is 0. The van der Waals surface area contributed by atoms with Gasteiger partial charge in [-0.1, -0.05) is 20.8 Å². The van der Waals surface area contributed by atoms with Crippen molar-refractivity contribution in [1.82, 2.24) is 0 Å². The zero-order valence-electron chi connectivity index (χ0n) is 8.94. The maximum atomic E-state index is 13.3. The fourth-order valence-corrected chi connectivity index (χ4v) is 1.27. The Morgan fingerprint density at radius 3 is 2.13 bits per heavy atom. The lowest BCUT2D eigenvalue weighted by atomic mass is 9.83. The first kappa shape index (κ1) is 12.0. The molecule has 0 saturated heterocycles. The minimum Gasteiger partial charge on any atom is -0.323 e. The van der Waals surface area contributed by atoms with Crippen molar-refractivity contribution < 1.29 is 13.2 Å². The summed E-state index contributed by atoms with van der Waals surface area (Å²) >= 11 is 0. The second-order valence-corrected chi connectivity index (χ2v) is 4.63. The van der Waals surface area contributed by atoms with Gasteiger partial charge in [-0.05, 0) is 11.5 Å². The lowest BCUT2D eigenvalue weighted by Gasteiger charge is -2.27. The van der Waals surface area contributed by atoms with Crippen molar-refractivity contribution in [1.29, 1.82) is 0 Å². The lowest BCUT2D eigenvalue weighted by Crippen LogP contribution is -2.27. The van der Waals surface area contributed by atoms with Gasteiger partial charge in [0.15, 0.2) is 11.6 Å². The molecule has 1 atom stereocenters. The van der Waals surface area contributed by atoms with Gasteiger partial charge in [-0.2, -0.15) is 0 Å². The number of benzene rings is 1. The minimum atomic E-state index is -1.20. The van der Waals surface area contributed by atoms with Crippen molar-refractivity contribution in [3.63, 3.8) is 0 Å². The quantitative estimate of drug-likeness (QED) is 0.718. The minimum absolute atomic E-state index is 0.125. The van der Waals surface area contributed by atoms with E-state index in [4.69, 9.17) is 5.73 Å². The maximum absolute atomic E-state index is 13.3. The van der Waals surface area contributed by atoms with E-state index in [1.165, 1.54) is 0 Å². The zero-order valence-corrected chi connectivity index (χ0v) is 8.94. The summed E-state index contributed by atoms with van der Waals surface area (Å²) in [7, 11) is 0. The Labute approximate surface area is 87.1 Å². The molecule has 0 aliphatic heterocycles. The van der Waals surface area contributed by atoms with Crippen LogP contribution in [0.4, 0.5) is 13.2 Å². The van der Waals surface area contributed by atoms with Crippen LogP contribution in [0.2, 0.25) is 0 Å². The molecule has 4 heteroatoms. The molecule has 0 heterocycles. The standard InChI is InChI=1S/C11H14F3N/c1-11(2,3)10(15)7-4-6(12)5-8(13)9(7)14/h4-5,10H,15H2,1-3H3/t10-/m1/s1. The van der Waals surface area contributed by atoms with Crippen LogP contribution >= 0.6 is 0 Å². The molecule has 0 saturated carbocycles. The molecular weight excluding hydrogens is 203 g/mol. The Bertz CT molecular complexity index is 369. The molecule has 0 spiro atoms. The molecule has 15 heavy (non-hydrogen) atoms. The molecule has 0 radical (unpaired) electrons. The van der Waals surface area contributed by atoms with Crippen molar-refractivity contribution in [2.45, 2.75) is 26.8 Å². The molecule has 1 rings (SSSR count). The third kappa shape index (κ3) is 2.50. The Kier molecular flexibility index (Phi) is 3.09. The molecule has 0 aliphatic carbocycles. The fourth-order valence-electron chi connectivity index (χ4n) is 1.27. The van der Waals surface area contributed by atoms with Gasteiger partial charge in [-0.25, -0.2) is 13.2 Å². The van der Waals surface area contributed by atoms with Crippen molar-refractivity contribution in [3.05, 3.63) is 35.1 Å². The molecular formula is C11H14F3N. The van der Waals surface area contributed by atoms with E-state index < -0.39 is 28.9 Å². The van der Waals surface area contributed by atoms with Crippen LogP contribution in [-0.4, -0.2) is 0 Å². The summed E-state index contributed by atoms with van der Waals surface area (Å²) in [6, 6.07) is 0.699. The zero-order chi connectivity index (χ0) is 11.8. The van der Waals surface area contributed by atoms with E-state index >= 15 is 0 Å². The molecule has 0 aromatic heterocycles. The van der Waals surface area contributed by atoms with E-state index in [1.54, 1.807) is 20.8 Å². The second-order valence-electron chi connectivity index (χ2n) is 4.63. The SMILES string of the molecule is CC(C)(C)[C@H](N)c1cc(F)cc(F)c1F. The summed E-state index contributed by atoms with van der Waals surface area (Å²) < 4.78 is 39.2. The number of nitrogens with two attached hydrogens (primary N) is 1. The fraction of sp³-hybridized carbons (Fsp3) is 0.455. The second kappa shape index (κ2) is 3.85. The third-order valence-electron chi connectivity index (χ3n) is 2.29. The first-order valence-electron chi connectivity index (χ1n) is 4.63. The summed E-state index contributed by atoms with van der Waals surface area (Å²) in [6.07, 6.45) is 0. The van der Waals surface area contributed by atoms with Gasteiger partial charge in [0, 0.05) is 17.7 Å². The van der Waals surface area contributed by atoms with Gasteiger partial charge in [0.05, 0.1) is 0 Å². The van der Waals surface area contributed by atoms with Crippen LogP contribution < -0.4 is 5.73 Å².